The van der Waals surface area contributed by atoms with Gasteiger partial charge in [0.25, 0.3) is 0 Å². The van der Waals surface area contributed by atoms with Crippen LogP contribution in [0.2, 0.25) is 0 Å². The fourth-order valence-electron chi connectivity index (χ4n) is 1.43. The molecule has 0 radical (unpaired) electrons. The number of rotatable bonds is 4. The molecule has 0 bridgehead atoms. The minimum atomic E-state index is -3.85. The summed E-state index contributed by atoms with van der Waals surface area (Å²) < 4.78 is 28.2. The molecule has 5 heteroatoms. The molecule has 0 atom stereocenters. The first-order valence-electron chi connectivity index (χ1n) is 5.67. The Labute approximate surface area is 112 Å². The topological polar surface area (TPSA) is 55.7 Å². The third-order valence-corrected chi connectivity index (χ3v) is 3.58. The Kier molecular flexibility index (Phi) is 3.97. The Hall–Kier alpha value is -2.14. The third-order valence-electron chi connectivity index (χ3n) is 2.45. The zero-order valence-electron chi connectivity index (χ0n) is 10.4. The van der Waals surface area contributed by atoms with Crippen molar-refractivity contribution >= 4 is 16.3 Å². The van der Waals surface area contributed by atoms with Gasteiger partial charge in [0, 0.05) is 0 Å². The highest BCUT2D eigenvalue weighted by atomic mass is 32.2. The zero-order chi connectivity index (χ0) is 13.7. The maximum atomic E-state index is 11.8. The monoisotopic (exact) mass is 275 g/mol. The summed E-state index contributed by atoms with van der Waals surface area (Å²) in [4.78, 5) is 0.0864. The molecule has 19 heavy (non-hydrogen) atoms. The van der Waals surface area contributed by atoms with Crippen LogP contribution in [-0.4, -0.2) is 14.6 Å². The van der Waals surface area contributed by atoms with Crippen molar-refractivity contribution in [3.8, 4) is 0 Å². The Morgan fingerprint density at radius 3 is 2.26 bits per heavy atom. The Bertz CT molecular complexity index is 662. The highest BCUT2D eigenvalue weighted by Crippen LogP contribution is 2.13. The summed E-state index contributed by atoms with van der Waals surface area (Å²) >= 11 is 0. The predicted octanol–water partition coefficient (Wildman–Crippen LogP) is 2.73. The molecule has 2 aromatic rings. The van der Waals surface area contributed by atoms with Crippen molar-refractivity contribution < 1.29 is 12.7 Å². The summed E-state index contributed by atoms with van der Waals surface area (Å²) in [7, 11) is -3.85. The van der Waals surface area contributed by atoms with Gasteiger partial charge in [0.15, 0.2) is 0 Å². The fraction of sp³-hybridized carbons (Fsp3) is 0.0714. The van der Waals surface area contributed by atoms with Crippen LogP contribution in [0.15, 0.2) is 64.6 Å². The highest BCUT2D eigenvalue weighted by molar-refractivity contribution is 7.86. The van der Waals surface area contributed by atoms with Gasteiger partial charge < -0.3 is 0 Å². The van der Waals surface area contributed by atoms with Gasteiger partial charge in [0.05, 0.1) is 6.21 Å². The van der Waals surface area contributed by atoms with Crippen molar-refractivity contribution in [2.24, 2.45) is 5.16 Å². The Morgan fingerprint density at radius 2 is 1.63 bits per heavy atom. The fourth-order valence-corrected chi connectivity index (χ4v) is 2.14. The standard InChI is InChI=1S/C14H13NO3S/c1-12-7-9-14(10-8-12)19(16,17)18-15-11-13-5-3-2-4-6-13/h2-11H,1H3/b15-11-. The van der Waals surface area contributed by atoms with E-state index in [9.17, 15) is 8.42 Å². The van der Waals surface area contributed by atoms with E-state index >= 15 is 0 Å². The maximum Gasteiger partial charge on any atom is 0.358 e. The summed E-state index contributed by atoms with van der Waals surface area (Å²) in [6, 6.07) is 15.5. The Morgan fingerprint density at radius 1 is 1.00 bits per heavy atom. The largest absolute Gasteiger partial charge is 0.358 e. The zero-order valence-corrected chi connectivity index (χ0v) is 11.2. The van der Waals surface area contributed by atoms with Crippen molar-refractivity contribution in [1.82, 2.24) is 0 Å². The first-order chi connectivity index (χ1) is 9.08. The molecule has 0 N–H and O–H groups in total. The van der Waals surface area contributed by atoms with Crippen molar-refractivity contribution in [2.45, 2.75) is 11.8 Å². The lowest BCUT2D eigenvalue weighted by molar-refractivity contribution is 0.341. The summed E-state index contributed by atoms with van der Waals surface area (Å²) in [5.41, 5.74) is 1.74. The molecule has 0 fully saturated rings. The van der Waals surface area contributed by atoms with Gasteiger partial charge >= 0.3 is 10.1 Å². The van der Waals surface area contributed by atoms with Gasteiger partial charge in [-0.15, -0.1) is 0 Å². The average molecular weight is 275 g/mol. The summed E-state index contributed by atoms with van der Waals surface area (Å²) in [5, 5.41) is 3.50. The number of oxime groups is 1. The van der Waals surface area contributed by atoms with Gasteiger partial charge in [0.2, 0.25) is 0 Å². The molecule has 0 aliphatic rings. The van der Waals surface area contributed by atoms with Crippen LogP contribution >= 0.6 is 0 Å². The van der Waals surface area contributed by atoms with E-state index in [1.54, 1.807) is 24.3 Å². The number of nitrogens with zero attached hydrogens (tertiary/aromatic N) is 1. The number of hydrogen-bond donors (Lipinski definition) is 0. The lowest BCUT2D eigenvalue weighted by atomic mass is 10.2. The molecule has 4 nitrogen and oxygen atoms in total. The molecule has 0 saturated heterocycles. The van der Waals surface area contributed by atoms with Crippen LogP contribution in [-0.2, 0) is 14.4 Å². The molecule has 98 valence electrons. The van der Waals surface area contributed by atoms with E-state index in [4.69, 9.17) is 0 Å². The molecule has 0 spiro atoms. The minimum Gasteiger partial charge on any atom is -0.265 e. The first kappa shape index (κ1) is 13.3. The van der Waals surface area contributed by atoms with Gasteiger partial charge in [-0.25, -0.2) is 0 Å². The quantitative estimate of drug-likeness (QED) is 0.637. The lowest BCUT2D eigenvalue weighted by Gasteiger charge is -2.01. The number of hydrogen-bond acceptors (Lipinski definition) is 4. The van der Waals surface area contributed by atoms with E-state index in [0.29, 0.717) is 0 Å². The van der Waals surface area contributed by atoms with E-state index in [2.05, 4.69) is 9.44 Å². The minimum absolute atomic E-state index is 0.0864. The van der Waals surface area contributed by atoms with Gasteiger partial charge in [0.1, 0.15) is 4.90 Å². The van der Waals surface area contributed by atoms with Crippen LogP contribution in [0.3, 0.4) is 0 Å². The molecule has 0 aliphatic heterocycles. The van der Waals surface area contributed by atoms with E-state index in [-0.39, 0.29) is 4.90 Å². The van der Waals surface area contributed by atoms with Crippen LogP contribution in [0, 0.1) is 6.92 Å². The second-order valence-electron chi connectivity index (χ2n) is 3.99. The number of aryl methyl sites for hydroxylation is 1. The summed E-state index contributed by atoms with van der Waals surface area (Å²) in [5.74, 6) is 0. The van der Waals surface area contributed by atoms with Crippen molar-refractivity contribution in [1.29, 1.82) is 0 Å². The molecule has 0 amide bonds. The van der Waals surface area contributed by atoms with Gasteiger partial charge in [-0.3, -0.25) is 4.28 Å². The van der Waals surface area contributed by atoms with Crippen LogP contribution in [0.5, 0.6) is 0 Å². The lowest BCUT2D eigenvalue weighted by Crippen LogP contribution is -2.02. The average Bonchev–Trinajstić information content (AvgIpc) is 2.40. The molecule has 0 aromatic heterocycles. The molecular weight excluding hydrogens is 262 g/mol. The van der Waals surface area contributed by atoms with Crippen LogP contribution in [0.1, 0.15) is 11.1 Å². The van der Waals surface area contributed by atoms with E-state index in [1.165, 1.54) is 18.3 Å². The van der Waals surface area contributed by atoms with Crippen molar-refractivity contribution in [2.75, 3.05) is 0 Å². The molecule has 0 aliphatic carbocycles. The molecule has 0 heterocycles. The van der Waals surface area contributed by atoms with Crippen molar-refractivity contribution in [3.63, 3.8) is 0 Å². The second-order valence-corrected chi connectivity index (χ2v) is 5.52. The Balaban J connectivity index is 2.10. The predicted molar refractivity (Wildman–Crippen MR) is 73.5 cm³/mol. The summed E-state index contributed by atoms with van der Waals surface area (Å²) in [6.45, 7) is 1.88. The summed E-state index contributed by atoms with van der Waals surface area (Å²) in [6.07, 6.45) is 1.35. The van der Waals surface area contributed by atoms with Gasteiger partial charge in [-0.2, -0.15) is 8.42 Å². The van der Waals surface area contributed by atoms with Crippen molar-refractivity contribution in [3.05, 3.63) is 65.7 Å². The van der Waals surface area contributed by atoms with Gasteiger partial charge in [-0.05, 0) is 24.6 Å². The normalized spacial score (nSPS) is 11.6. The van der Waals surface area contributed by atoms with Gasteiger partial charge in [-0.1, -0.05) is 53.2 Å². The van der Waals surface area contributed by atoms with Crippen LogP contribution in [0.4, 0.5) is 0 Å². The SMILES string of the molecule is Cc1ccc(S(=O)(=O)O/N=C\c2ccccc2)cc1. The van der Waals surface area contributed by atoms with E-state index < -0.39 is 10.1 Å². The number of benzene rings is 2. The van der Waals surface area contributed by atoms with E-state index in [1.807, 2.05) is 25.1 Å². The molecule has 0 saturated carbocycles. The van der Waals surface area contributed by atoms with Crippen LogP contribution in [0.25, 0.3) is 0 Å². The molecular formula is C14H13NO3S. The smallest absolute Gasteiger partial charge is 0.265 e. The van der Waals surface area contributed by atoms with E-state index in [0.717, 1.165) is 11.1 Å². The highest BCUT2D eigenvalue weighted by Gasteiger charge is 2.14. The maximum absolute atomic E-state index is 11.8. The first-order valence-corrected chi connectivity index (χ1v) is 7.07. The molecule has 0 unspecified atom stereocenters. The molecule has 2 aromatic carbocycles. The van der Waals surface area contributed by atoms with Crippen LogP contribution < -0.4 is 0 Å². The third kappa shape index (κ3) is 3.66. The second kappa shape index (κ2) is 5.67. The molecule has 2 rings (SSSR count).